The maximum absolute atomic E-state index is 15.4. The highest BCUT2D eigenvalue weighted by molar-refractivity contribution is 5.91. The van der Waals surface area contributed by atoms with E-state index in [1.165, 1.54) is 12.4 Å². The van der Waals surface area contributed by atoms with Gasteiger partial charge in [0, 0.05) is 31.0 Å². The van der Waals surface area contributed by atoms with Crippen molar-refractivity contribution in [3.63, 3.8) is 0 Å². The monoisotopic (exact) mass is 615 g/mol. The lowest BCUT2D eigenvalue weighted by atomic mass is 9.97. The Morgan fingerprint density at radius 3 is 2.41 bits per heavy atom. The predicted molar refractivity (Wildman–Crippen MR) is 154 cm³/mol. The lowest BCUT2D eigenvalue weighted by Crippen LogP contribution is -2.43. The molecular weight excluding hydrogens is 580 g/mol. The number of halogens is 2. The highest BCUT2D eigenvalue weighted by Crippen LogP contribution is 2.33. The molecule has 2 atom stereocenters. The van der Waals surface area contributed by atoms with Gasteiger partial charge in [-0.25, -0.2) is 33.2 Å². The Hall–Kier alpha value is -4.17. The molecular formula is C30H35F2N5O7. The van der Waals surface area contributed by atoms with Crippen LogP contribution in [0.15, 0.2) is 36.7 Å². The molecule has 3 amide bonds. The maximum atomic E-state index is 15.4. The number of anilines is 2. The molecule has 3 aliphatic heterocycles. The van der Waals surface area contributed by atoms with Crippen LogP contribution in [0.2, 0.25) is 0 Å². The Labute approximate surface area is 253 Å². The van der Waals surface area contributed by atoms with Crippen LogP contribution < -0.4 is 9.80 Å². The van der Waals surface area contributed by atoms with Gasteiger partial charge in [-0.3, -0.25) is 9.69 Å². The first-order valence-corrected chi connectivity index (χ1v) is 14.3. The number of hydrogen-bond acceptors (Lipinski definition) is 9. The molecule has 0 bridgehead atoms. The van der Waals surface area contributed by atoms with E-state index in [-0.39, 0.29) is 62.3 Å². The standard InChI is InChI=1S/C30H35F2N5O7/c1-29(2,3)44-28(40)37(26-33-9-6-10-34-26)16-20-15-36(27(39)42-20)19-13-21(31)24(22(32)14-19)18-7-11-35(12-8-18)25(38)23-17-41-30(4,5)43-23/h6-7,9-10,13-14,20,23H,8,11-12,15-17H2,1-5H3/t20-,23+/m1/s1. The minimum absolute atomic E-state index is 0.0368. The van der Waals surface area contributed by atoms with Gasteiger partial charge in [0.15, 0.2) is 11.9 Å². The lowest BCUT2D eigenvalue weighted by molar-refractivity contribution is -0.159. The van der Waals surface area contributed by atoms with Crippen molar-refractivity contribution < 1.29 is 42.1 Å². The third-order valence-electron chi connectivity index (χ3n) is 7.13. The largest absolute Gasteiger partial charge is 0.443 e. The van der Waals surface area contributed by atoms with Crippen LogP contribution in [0.5, 0.6) is 0 Å². The van der Waals surface area contributed by atoms with Gasteiger partial charge >= 0.3 is 12.2 Å². The molecule has 236 valence electrons. The summed E-state index contributed by atoms with van der Waals surface area (Å²) >= 11 is 0. The molecule has 2 saturated heterocycles. The molecule has 5 rings (SSSR count). The van der Waals surface area contributed by atoms with Gasteiger partial charge in [0.2, 0.25) is 5.95 Å². The van der Waals surface area contributed by atoms with Gasteiger partial charge in [-0.15, -0.1) is 0 Å². The minimum Gasteiger partial charge on any atom is -0.443 e. The molecule has 3 aliphatic rings. The van der Waals surface area contributed by atoms with E-state index in [9.17, 15) is 14.4 Å². The number of benzene rings is 1. The second-order valence-corrected chi connectivity index (χ2v) is 12.1. The Balaban J connectivity index is 1.27. The van der Waals surface area contributed by atoms with E-state index in [4.69, 9.17) is 18.9 Å². The van der Waals surface area contributed by atoms with Gasteiger partial charge in [-0.2, -0.15) is 0 Å². The summed E-state index contributed by atoms with van der Waals surface area (Å²) in [6.45, 7) is 8.89. The zero-order valence-corrected chi connectivity index (χ0v) is 25.2. The predicted octanol–water partition coefficient (Wildman–Crippen LogP) is 4.29. The number of amides is 3. The SMILES string of the molecule is CC(C)(C)OC(=O)N(C[C@H]1CN(c2cc(F)c(C3=CCN(C(=O)[C@@H]4COC(C)(C)O4)CC3)c(F)c2)C(=O)O1)c1ncccn1. The van der Waals surface area contributed by atoms with Crippen molar-refractivity contribution in [3.05, 3.63) is 53.9 Å². The molecule has 14 heteroatoms. The summed E-state index contributed by atoms with van der Waals surface area (Å²) in [5.41, 5.74) is -0.649. The van der Waals surface area contributed by atoms with Gasteiger partial charge in [-0.05, 0) is 64.8 Å². The van der Waals surface area contributed by atoms with Crippen molar-refractivity contribution in [2.45, 2.75) is 64.6 Å². The number of aromatic nitrogens is 2. The number of rotatable bonds is 6. The molecule has 12 nitrogen and oxygen atoms in total. The smallest absolute Gasteiger partial charge is 0.417 e. The fourth-order valence-corrected chi connectivity index (χ4v) is 5.15. The molecule has 2 aromatic rings. The number of carbonyl (C=O) groups is 3. The number of hydrogen-bond donors (Lipinski definition) is 0. The zero-order valence-electron chi connectivity index (χ0n) is 25.2. The summed E-state index contributed by atoms with van der Waals surface area (Å²) in [6.07, 6.45) is 1.59. The molecule has 44 heavy (non-hydrogen) atoms. The van der Waals surface area contributed by atoms with E-state index >= 15 is 8.78 Å². The van der Waals surface area contributed by atoms with Crippen LogP contribution in [-0.4, -0.2) is 89.3 Å². The van der Waals surface area contributed by atoms with Gasteiger partial charge in [0.25, 0.3) is 5.91 Å². The molecule has 4 heterocycles. The van der Waals surface area contributed by atoms with E-state index in [1.807, 2.05) is 0 Å². The van der Waals surface area contributed by atoms with Crippen molar-refractivity contribution in [2.75, 3.05) is 42.6 Å². The Bertz CT molecular complexity index is 1440. The van der Waals surface area contributed by atoms with Crippen LogP contribution in [0.25, 0.3) is 5.57 Å². The summed E-state index contributed by atoms with van der Waals surface area (Å²) in [5.74, 6) is -2.75. The van der Waals surface area contributed by atoms with Crippen LogP contribution in [0.3, 0.4) is 0 Å². The van der Waals surface area contributed by atoms with Gasteiger partial charge in [0.1, 0.15) is 23.3 Å². The van der Waals surface area contributed by atoms with E-state index in [0.29, 0.717) is 5.57 Å². The Kier molecular flexibility index (Phi) is 8.58. The third-order valence-corrected chi connectivity index (χ3v) is 7.13. The number of cyclic esters (lactones) is 1. The summed E-state index contributed by atoms with van der Waals surface area (Å²) in [4.78, 5) is 50.6. The molecule has 2 fully saturated rings. The molecule has 0 saturated carbocycles. The fraction of sp³-hybridized carbons (Fsp3) is 0.500. The van der Waals surface area contributed by atoms with E-state index in [1.54, 1.807) is 51.7 Å². The summed E-state index contributed by atoms with van der Waals surface area (Å²) in [6, 6.07) is 3.72. The summed E-state index contributed by atoms with van der Waals surface area (Å²) in [7, 11) is 0. The fourth-order valence-electron chi connectivity index (χ4n) is 5.15. The molecule has 0 aliphatic carbocycles. The van der Waals surface area contributed by atoms with Crippen LogP contribution >= 0.6 is 0 Å². The Morgan fingerprint density at radius 2 is 1.84 bits per heavy atom. The van der Waals surface area contributed by atoms with Crippen LogP contribution in [0.1, 0.15) is 46.6 Å². The summed E-state index contributed by atoms with van der Waals surface area (Å²) < 4.78 is 52.8. The topological polar surface area (TPSA) is 124 Å². The first-order chi connectivity index (χ1) is 20.7. The second-order valence-electron chi connectivity index (χ2n) is 12.1. The first-order valence-electron chi connectivity index (χ1n) is 14.3. The maximum Gasteiger partial charge on any atom is 0.417 e. The summed E-state index contributed by atoms with van der Waals surface area (Å²) in [5, 5.41) is 0. The van der Waals surface area contributed by atoms with Crippen molar-refractivity contribution in [1.29, 1.82) is 0 Å². The molecule has 0 unspecified atom stereocenters. The Morgan fingerprint density at radius 1 is 1.16 bits per heavy atom. The van der Waals surface area contributed by atoms with Crippen molar-refractivity contribution in [3.8, 4) is 0 Å². The van der Waals surface area contributed by atoms with Crippen molar-refractivity contribution in [1.82, 2.24) is 14.9 Å². The molecule has 0 spiro atoms. The highest BCUT2D eigenvalue weighted by atomic mass is 19.1. The molecule has 1 aromatic heterocycles. The molecule has 1 aromatic carbocycles. The lowest BCUT2D eigenvalue weighted by Gasteiger charge is -2.29. The van der Waals surface area contributed by atoms with Crippen LogP contribution in [0, 0.1) is 11.6 Å². The van der Waals surface area contributed by atoms with Crippen LogP contribution in [-0.2, 0) is 23.7 Å². The van der Waals surface area contributed by atoms with Gasteiger partial charge in [0.05, 0.1) is 25.4 Å². The average molecular weight is 616 g/mol. The average Bonchev–Trinajstić information content (AvgIpc) is 3.51. The normalized spacial score (nSPS) is 21.6. The number of nitrogens with zero attached hydrogens (tertiary/aromatic N) is 5. The highest BCUT2D eigenvalue weighted by Gasteiger charge is 2.40. The van der Waals surface area contributed by atoms with E-state index in [0.717, 1.165) is 21.9 Å². The minimum atomic E-state index is -0.867. The van der Waals surface area contributed by atoms with E-state index < -0.39 is 47.4 Å². The third kappa shape index (κ3) is 6.97. The number of ether oxygens (including phenoxy) is 4. The molecule has 0 radical (unpaired) electrons. The van der Waals surface area contributed by atoms with Crippen molar-refractivity contribution in [2.24, 2.45) is 0 Å². The molecule has 0 N–H and O–H groups in total. The van der Waals surface area contributed by atoms with E-state index in [2.05, 4.69) is 9.97 Å². The van der Waals surface area contributed by atoms with Crippen molar-refractivity contribution >= 4 is 35.3 Å². The zero-order chi connectivity index (χ0) is 31.8. The quantitative estimate of drug-likeness (QED) is 0.468. The van der Waals surface area contributed by atoms with Gasteiger partial charge in [-0.1, -0.05) is 6.08 Å². The van der Waals surface area contributed by atoms with Gasteiger partial charge < -0.3 is 23.8 Å². The number of carbonyl (C=O) groups excluding carboxylic acids is 3. The van der Waals surface area contributed by atoms with Crippen LogP contribution in [0.4, 0.5) is 30.0 Å². The first kappa shape index (κ1) is 31.3. The second kappa shape index (κ2) is 12.1.